The summed E-state index contributed by atoms with van der Waals surface area (Å²) in [4.78, 5) is 0. The van der Waals surface area contributed by atoms with E-state index in [4.69, 9.17) is 4.74 Å². The summed E-state index contributed by atoms with van der Waals surface area (Å²) in [7, 11) is 1.65. The number of ether oxygens (including phenoxy) is 1. The van der Waals surface area contributed by atoms with E-state index < -0.39 is 12.2 Å². The average Bonchev–Trinajstić information content (AvgIpc) is 2.37. The summed E-state index contributed by atoms with van der Waals surface area (Å²) in [6, 6.07) is 11.9. The highest BCUT2D eigenvalue weighted by Gasteiger charge is 2.11. The maximum Gasteiger partial charge on any atom is 0.119 e. The van der Waals surface area contributed by atoms with Gasteiger partial charge in [0.2, 0.25) is 0 Å². The lowest BCUT2D eigenvalue weighted by molar-refractivity contribution is 0.0320. The predicted octanol–water partition coefficient (Wildman–Crippen LogP) is 2.13. The van der Waals surface area contributed by atoms with Crippen molar-refractivity contribution < 1.29 is 14.9 Å². The Morgan fingerprint density at radius 3 is 2.39 bits per heavy atom. The van der Waals surface area contributed by atoms with Crippen molar-refractivity contribution in [3.63, 3.8) is 0 Å². The Hall–Kier alpha value is -1.58. The van der Waals surface area contributed by atoms with Crippen LogP contribution in [-0.4, -0.2) is 29.5 Å². The molecule has 0 aliphatic carbocycles. The number of hydrogen-bond acceptors (Lipinski definition) is 3. The number of benzene rings is 2. The van der Waals surface area contributed by atoms with Gasteiger partial charge in [-0.15, -0.1) is 0 Å². The number of hydrogen-bond donors (Lipinski definition) is 2. The van der Waals surface area contributed by atoms with Crippen LogP contribution in [0.4, 0.5) is 0 Å². The molecule has 18 heavy (non-hydrogen) atoms. The van der Waals surface area contributed by atoms with Crippen LogP contribution in [0.15, 0.2) is 36.4 Å². The first-order valence-electron chi connectivity index (χ1n) is 6.03. The molecular formula is C15H18O3. The molecule has 0 bridgehead atoms. The average molecular weight is 246 g/mol. The second-order valence-electron chi connectivity index (χ2n) is 4.56. The van der Waals surface area contributed by atoms with E-state index in [0.717, 1.165) is 22.1 Å². The van der Waals surface area contributed by atoms with Gasteiger partial charge in [-0.25, -0.2) is 0 Å². The van der Waals surface area contributed by atoms with Gasteiger partial charge in [0, 0.05) is 6.42 Å². The highest BCUT2D eigenvalue weighted by molar-refractivity contribution is 5.84. The molecule has 0 aliphatic heterocycles. The molecule has 0 heterocycles. The van der Waals surface area contributed by atoms with Gasteiger partial charge in [0.1, 0.15) is 5.75 Å². The van der Waals surface area contributed by atoms with Gasteiger partial charge in [-0.3, -0.25) is 0 Å². The highest BCUT2D eigenvalue weighted by atomic mass is 16.5. The summed E-state index contributed by atoms with van der Waals surface area (Å²) in [6.07, 6.45) is -0.975. The lowest BCUT2D eigenvalue weighted by Crippen LogP contribution is -2.24. The minimum absolute atomic E-state index is 0.458. The zero-order valence-electron chi connectivity index (χ0n) is 10.6. The summed E-state index contributed by atoms with van der Waals surface area (Å²) in [5.41, 5.74) is 1.01. The van der Waals surface area contributed by atoms with Gasteiger partial charge >= 0.3 is 0 Å². The van der Waals surface area contributed by atoms with Crippen molar-refractivity contribution >= 4 is 10.8 Å². The van der Waals surface area contributed by atoms with Gasteiger partial charge in [0.05, 0.1) is 19.3 Å². The smallest absolute Gasteiger partial charge is 0.119 e. The minimum Gasteiger partial charge on any atom is -0.497 e. The summed E-state index contributed by atoms with van der Waals surface area (Å²) < 4.78 is 5.18. The monoisotopic (exact) mass is 246 g/mol. The summed E-state index contributed by atoms with van der Waals surface area (Å²) >= 11 is 0. The molecule has 0 saturated carbocycles. The summed E-state index contributed by atoms with van der Waals surface area (Å²) in [6.45, 7) is 1.59. The summed E-state index contributed by atoms with van der Waals surface area (Å²) in [5, 5.41) is 21.2. The van der Waals surface area contributed by atoms with Crippen LogP contribution in [0.1, 0.15) is 12.5 Å². The third-order valence-corrected chi connectivity index (χ3v) is 3.11. The van der Waals surface area contributed by atoms with E-state index in [0.29, 0.717) is 6.42 Å². The van der Waals surface area contributed by atoms with Gasteiger partial charge < -0.3 is 14.9 Å². The second kappa shape index (κ2) is 5.38. The molecule has 2 atom stereocenters. The third-order valence-electron chi connectivity index (χ3n) is 3.11. The maximum absolute atomic E-state index is 9.66. The molecule has 0 aromatic heterocycles. The molecule has 0 saturated heterocycles. The van der Waals surface area contributed by atoms with Crippen LogP contribution >= 0.6 is 0 Å². The maximum atomic E-state index is 9.66. The Bertz CT molecular complexity index is 534. The van der Waals surface area contributed by atoms with Crippen molar-refractivity contribution in [1.82, 2.24) is 0 Å². The van der Waals surface area contributed by atoms with E-state index >= 15 is 0 Å². The molecule has 0 fully saturated rings. The number of methoxy groups -OCH3 is 1. The number of aliphatic hydroxyl groups excluding tert-OH is 2. The minimum atomic E-state index is -0.722. The Morgan fingerprint density at radius 1 is 1.06 bits per heavy atom. The van der Waals surface area contributed by atoms with Crippen LogP contribution < -0.4 is 4.74 Å². The van der Waals surface area contributed by atoms with E-state index in [1.807, 2.05) is 36.4 Å². The fourth-order valence-electron chi connectivity index (χ4n) is 1.94. The molecule has 3 heteroatoms. The van der Waals surface area contributed by atoms with Gasteiger partial charge in [-0.05, 0) is 35.4 Å². The Kier molecular flexibility index (Phi) is 3.84. The van der Waals surface area contributed by atoms with E-state index in [1.54, 1.807) is 14.0 Å². The van der Waals surface area contributed by atoms with E-state index in [9.17, 15) is 10.2 Å². The molecule has 2 N–H and O–H groups in total. The van der Waals surface area contributed by atoms with Gasteiger partial charge in [0.15, 0.2) is 0 Å². The zero-order valence-corrected chi connectivity index (χ0v) is 10.6. The Labute approximate surface area is 107 Å². The molecular weight excluding hydrogens is 228 g/mol. The zero-order chi connectivity index (χ0) is 13.1. The topological polar surface area (TPSA) is 49.7 Å². The molecule has 0 amide bonds. The van der Waals surface area contributed by atoms with Crippen molar-refractivity contribution in [2.45, 2.75) is 25.6 Å². The molecule has 2 unspecified atom stereocenters. The molecule has 96 valence electrons. The second-order valence-corrected chi connectivity index (χ2v) is 4.56. The van der Waals surface area contributed by atoms with Crippen molar-refractivity contribution in [2.24, 2.45) is 0 Å². The van der Waals surface area contributed by atoms with E-state index in [2.05, 4.69) is 0 Å². The van der Waals surface area contributed by atoms with Crippen molar-refractivity contribution in [3.05, 3.63) is 42.0 Å². The molecule has 2 aromatic carbocycles. The third kappa shape index (κ3) is 2.81. The largest absolute Gasteiger partial charge is 0.497 e. The number of aliphatic hydroxyl groups is 2. The Balaban J connectivity index is 2.27. The first-order valence-corrected chi connectivity index (χ1v) is 6.03. The van der Waals surface area contributed by atoms with Crippen molar-refractivity contribution in [1.29, 1.82) is 0 Å². The lowest BCUT2D eigenvalue weighted by atomic mass is 10.0. The number of rotatable bonds is 4. The van der Waals surface area contributed by atoms with Crippen LogP contribution in [0.3, 0.4) is 0 Å². The van der Waals surface area contributed by atoms with Crippen molar-refractivity contribution in [3.8, 4) is 5.75 Å². The van der Waals surface area contributed by atoms with Gasteiger partial charge in [-0.1, -0.05) is 24.3 Å². The van der Waals surface area contributed by atoms with Crippen LogP contribution in [0, 0.1) is 0 Å². The molecule has 2 rings (SSSR count). The fourth-order valence-corrected chi connectivity index (χ4v) is 1.94. The molecule has 3 nitrogen and oxygen atoms in total. The van der Waals surface area contributed by atoms with Crippen LogP contribution in [-0.2, 0) is 6.42 Å². The van der Waals surface area contributed by atoms with E-state index in [1.165, 1.54) is 0 Å². The predicted molar refractivity (Wildman–Crippen MR) is 71.9 cm³/mol. The molecule has 2 aromatic rings. The lowest BCUT2D eigenvalue weighted by Gasteiger charge is -2.13. The first kappa shape index (κ1) is 12.9. The highest BCUT2D eigenvalue weighted by Crippen LogP contribution is 2.22. The van der Waals surface area contributed by atoms with Crippen LogP contribution in [0.2, 0.25) is 0 Å². The van der Waals surface area contributed by atoms with Crippen molar-refractivity contribution in [2.75, 3.05) is 7.11 Å². The first-order chi connectivity index (χ1) is 8.60. The van der Waals surface area contributed by atoms with Gasteiger partial charge in [0.25, 0.3) is 0 Å². The molecule has 0 spiro atoms. The normalized spacial score (nSPS) is 14.4. The van der Waals surface area contributed by atoms with Gasteiger partial charge in [-0.2, -0.15) is 0 Å². The van der Waals surface area contributed by atoms with E-state index in [-0.39, 0.29) is 0 Å². The van der Waals surface area contributed by atoms with Crippen LogP contribution in [0.5, 0.6) is 5.75 Å². The molecule has 0 radical (unpaired) electrons. The SMILES string of the molecule is COc1ccc2cc(CC(O)C(C)O)ccc2c1. The number of fused-ring (bicyclic) bond motifs is 1. The quantitative estimate of drug-likeness (QED) is 0.869. The fraction of sp³-hybridized carbons (Fsp3) is 0.333. The standard InChI is InChI=1S/C15H18O3/c1-10(16)15(17)8-11-3-4-13-9-14(18-2)6-5-12(13)7-11/h3-7,9-10,15-17H,8H2,1-2H3. The van der Waals surface area contributed by atoms with Crippen LogP contribution in [0.25, 0.3) is 10.8 Å². The summed E-state index contributed by atoms with van der Waals surface area (Å²) in [5.74, 6) is 0.833. The Morgan fingerprint density at radius 2 is 1.72 bits per heavy atom. The molecule has 0 aliphatic rings.